The molecule has 2 heterocycles. The van der Waals surface area contributed by atoms with Gasteiger partial charge in [-0.25, -0.2) is 0 Å². The molecule has 2 fully saturated rings. The summed E-state index contributed by atoms with van der Waals surface area (Å²) in [4.78, 5) is 16.3. The van der Waals surface area contributed by atoms with Gasteiger partial charge in [0.1, 0.15) is 0 Å². The summed E-state index contributed by atoms with van der Waals surface area (Å²) in [6.07, 6.45) is 5.32. The third kappa shape index (κ3) is 3.09. The second-order valence-corrected chi connectivity index (χ2v) is 8.17. The molecule has 25 heavy (non-hydrogen) atoms. The smallest absolute Gasteiger partial charge is 0.231 e. The standard InChI is InChI=1S/C20H29N3O2/c21-19(25)12-22-8-3-7-20(14-24)13-23(9-6-18(20)22)17-10-15-4-1-2-5-16(15)11-17/h1-2,4-5,17-18,24H,3,6-14H2,(H2,21,25)/t18-,20-/m1/s1. The van der Waals surface area contributed by atoms with Gasteiger partial charge in [0.05, 0.1) is 13.2 Å². The minimum atomic E-state index is -0.262. The van der Waals surface area contributed by atoms with Gasteiger partial charge in [-0.3, -0.25) is 14.6 Å². The molecule has 2 aliphatic heterocycles. The molecule has 5 heteroatoms. The van der Waals surface area contributed by atoms with E-state index in [-0.39, 0.29) is 24.0 Å². The van der Waals surface area contributed by atoms with Crippen LogP contribution in [0.5, 0.6) is 0 Å². The van der Waals surface area contributed by atoms with E-state index < -0.39 is 0 Å². The van der Waals surface area contributed by atoms with Crippen molar-refractivity contribution in [2.24, 2.45) is 11.1 Å². The molecule has 136 valence electrons. The van der Waals surface area contributed by atoms with E-state index in [4.69, 9.17) is 5.73 Å². The van der Waals surface area contributed by atoms with Gasteiger partial charge in [-0.1, -0.05) is 24.3 Å². The lowest BCUT2D eigenvalue weighted by atomic mass is 9.69. The Morgan fingerprint density at radius 2 is 1.96 bits per heavy atom. The van der Waals surface area contributed by atoms with Crippen LogP contribution in [0, 0.1) is 5.41 Å². The number of nitrogens with zero attached hydrogens (tertiary/aromatic N) is 2. The fourth-order valence-corrected chi connectivity index (χ4v) is 5.52. The Kier molecular flexibility index (Phi) is 4.56. The van der Waals surface area contributed by atoms with Crippen molar-refractivity contribution in [1.29, 1.82) is 0 Å². The predicted octanol–water partition coefficient (Wildman–Crippen LogP) is 0.788. The number of likely N-dealkylation sites (tertiary alicyclic amines) is 2. The van der Waals surface area contributed by atoms with Crippen LogP contribution in [0.3, 0.4) is 0 Å². The number of fused-ring (bicyclic) bond motifs is 2. The van der Waals surface area contributed by atoms with Crippen LogP contribution in [0.4, 0.5) is 0 Å². The first-order chi connectivity index (χ1) is 12.1. The molecule has 5 nitrogen and oxygen atoms in total. The van der Waals surface area contributed by atoms with Gasteiger partial charge in [0.25, 0.3) is 0 Å². The van der Waals surface area contributed by atoms with Crippen LogP contribution in [-0.4, -0.2) is 65.7 Å². The highest BCUT2D eigenvalue weighted by Crippen LogP contribution is 2.42. The Balaban J connectivity index is 1.50. The second-order valence-electron chi connectivity index (χ2n) is 8.17. The lowest BCUT2D eigenvalue weighted by Crippen LogP contribution is -2.64. The Bertz CT molecular complexity index is 625. The summed E-state index contributed by atoms with van der Waals surface area (Å²) in [7, 11) is 0. The SMILES string of the molecule is NC(=O)CN1CCC[C@]2(CO)CN(C3Cc4ccccc4C3)CC[C@@H]12. The van der Waals surface area contributed by atoms with Gasteiger partial charge in [-0.2, -0.15) is 0 Å². The van der Waals surface area contributed by atoms with Gasteiger partial charge >= 0.3 is 0 Å². The topological polar surface area (TPSA) is 69.8 Å². The van der Waals surface area contributed by atoms with Gasteiger partial charge in [0, 0.05) is 24.0 Å². The Morgan fingerprint density at radius 1 is 1.24 bits per heavy atom. The first kappa shape index (κ1) is 17.0. The van der Waals surface area contributed by atoms with E-state index in [1.807, 2.05) is 0 Å². The Morgan fingerprint density at radius 3 is 2.60 bits per heavy atom. The molecule has 3 aliphatic rings. The van der Waals surface area contributed by atoms with Crippen LogP contribution in [0.1, 0.15) is 30.4 Å². The zero-order chi connectivity index (χ0) is 17.4. The number of benzene rings is 1. The molecular formula is C20H29N3O2. The van der Waals surface area contributed by atoms with Crippen LogP contribution in [-0.2, 0) is 17.6 Å². The maximum atomic E-state index is 11.4. The number of aliphatic hydroxyl groups is 1. The van der Waals surface area contributed by atoms with E-state index in [2.05, 4.69) is 34.1 Å². The molecule has 0 saturated carbocycles. The number of rotatable bonds is 4. The molecule has 0 unspecified atom stereocenters. The van der Waals surface area contributed by atoms with Crippen molar-refractivity contribution in [3.63, 3.8) is 0 Å². The number of carbonyl (C=O) groups is 1. The van der Waals surface area contributed by atoms with E-state index >= 15 is 0 Å². The van der Waals surface area contributed by atoms with Crippen molar-refractivity contribution in [1.82, 2.24) is 9.80 Å². The van der Waals surface area contributed by atoms with Gasteiger partial charge in [0.15, 0.2) is 0 Å². The summed E-state index contributed by atoms with van der Waals surface area (Å²) in [5.41, 5.74) is 8.30. The summed E-state index contributed by atoms with van der Waals surface area (Å²) in [5, 5.41) is 10.3. The summed E-state index contributed by atoms with van der Waals surface area (Å²) < 4.78 is 0. The number of hydrogen-bond acceptors (Lipinski definition) is 4. The maximum Gasteiger partial charge on any atom is 0.231 e. The average molecular weight is 343 g/mol. The Hall–Kier alpha value is -1.43. The van der Waals surface area contributed by atoms with E-state index in [0.717, 1.165) is 51.7 Å². The third-order valence-corrected chi connectivity index (χ3v) is 6.70. The van der Waals surface area contributed by atoms with Crippen molar-refractivity contribution >= 4 is 5.91 Å². The van der Waals surface area contributed by atoms with Gasteiger partial charge < -0.3 is 10.8 Å². The fraction of sp³-hybridized carbons (Fsp3) is 0.650. The number of amides is 1. The van der Waals surface area contributed by atoms with E-state index in [9.17, 15) is 9.90 Å². The molecule has 1 aromatic carbocycles. The lowest BCUT2D eigenvalue weighted by Gasteiger charge is -2.55. The van der Waals surface area contributed by atoms with E-state index in [0.29, 0.717) is 12.6 Å². The van der Waals surface area contributed by atoms with Gasteiger partial charge in [-0.15, -0.1) is 0 Å². The number of piperidine rings is 2. The summed E-state index contributed by atoms with van der Waals surface area (Å²) in [6.45, 7) is 3.41. The number of hydrogen-bond donors (Lipinski definition) is 2. The molecule has 0 bridgehead atoms. The minimum Gasteiger partial charge on any atom is -0.396 e. The van der Waals surface area contributed by atoms with Crippen LogP contribution in [0.2, 0.25) is 0 Å². The molecule has 1 amide bonds. The highest BCUT2D eigenvalue weighted by molar-refractivity contribution is 5.76. The van der Waals surface area contributed by atoms with Crippen molar-refractivity contribution in [2.75, 3.05) is 32.8 Å². The quantitative estimate of drug-likeness (QED) is 0.848. The molecule has 1 aliphatic carbocycles. The number of primary amides is 1. The van der Waals surface area contributed by atoms with Crippen molar-refractivity contribution < 1.29 is 9.90 Å². The molecular weight excluding hydrogens is 314 g/mol. The summed E-state index contributed by atoms with van der Waals surface area (Å²) >= 11 is 0. The molecule has 1 aromatic rings. The summed E-state index contributed by atoms with van der Waals surface area (Å²) in [6, 6.07) is 9.59. The monoisotopic (exact) mass is 343 g/mol. The molecule has 0 aromatic heterocycles. The first-order valence-corrected chi connectivity index (χ1v) is 9.55. The minimum absolute atomic E-state index is 0.110. The van der Waals surface area contributed by atoms with Crippen LogP contribution in [0.15, 0.2) is 24.3 Å². The van der Waals surface area contributed by atoms with Crippen molar-refractivity contribution in [3.8, 4) is 0 Å². The third-order valence-electron chi connectivity index (χ3n) is 6.70. The van der Waals surface area contributed by atoms with E-state index in [1.165, 1.54) is 11.1 Å². The predicted molar refractivity (Wildman–Crippen MR) is 97.1 cm³/mol. The second kappa shape index (κ2) is 6.71. The zero-order valence-corrected chi connectivity index (χ0v) is 14.9. The number of aliphatic hydroxyl groups excluding tert-OH is 1. The molecule has 3 N–H and O–H groups in total. The van der Waals surface area contributed by atoms with E-state index in [1.54, 1.807) is 0 Å². The fourth-order valence-electron chi connectivity index (χ4n) is 5.52. The Labute approximate surface area is 149 Å². The number of carbonyl (C=O) groups excluding carboxylic acids is 1. The van der Waals surface area contributed by atoms with Crippen LogP contribution >= 0.6 is 0 Å². The van der Waals surface area contributed by atoms with Crippen molar-refractivity contribution in [3.05, 3.63) is 35.4 Å². The highest BCUT2D eigenvalue weighted by Gasteiger charge is 2.49. The number of nitrogens with two attached hydrogens (primary N) is 1. The van der Waals surface area contributed by atoms with Crippen molar-refractivity contribution in [2.45, 2.75) is 44.2 Å². The molecule has 2 atom stereocenters. The largest absolute Gasteiger partial charge is 0.396 e. The molecule has 4 rings (SSSR count). The normalized spacial score (nSPS) is 30.8. The molecule has 0 spiro atoms. The lowest BCUT2D eigenvalue weighted by molar-refractivity contribution is -0.126. The van der Waals surface area contributed by atoms with Gasteiger partial charge in [0.2, 0.25) is 5.91 Å². The van der Waals surface area contributed by atoms with Crippen LogP contribution < -0.4 is 5.73 Å². The average Bonchev–Trinajstić information content (AvgIpc) is 3.05. The highest BCUT2D eigenvalue weighted by atomic mass is 16.3. The zero-order valence-electron chi connectivity index (χ0n) is 14.9. The summed E-state index contributed by atoms with van der Waals surface area (Å²) in [5.74, 6) is -0.262. The molecule has 2 saturated heterocycles. The van der Waals surface area contributed by atoms with Gasteiger partial charge in [-0.05, 0) is 56.3 Å². The van der Waals surface area contributed by atoms with Crippen LogP contribution in [0.25, 0.3) is 0 Å². The molecule has 0 radical (unpaired) electrons. The first-order valence-electron chi connectivity index (χ1n) is 9.55. The maximum absolute atomic E-state index is 11.4.